The van der Waals surface area contributed by atoms with Crippen LogP contribution in [0.1, 0.15) is 25.3 Å². The Labute approximate surface area is 130 Å². The van der Waals surface area contributed by atoms with Crippen LogP contribution >= 0.6 is 0 Å². The molecule has 6 nitrogen and oxygen atoms in total. The maximum Gasteiger partial charge on any atom is 0.318 e. The van der Waals surface area contributed by atoms with Gasteiger partial charge in [-0.15, -0.1) is 0 Å². The fraction of sp³-hybridized carbons (Fsp3) is 0.467. The van der Waals surface area contributed by atoms with E-state index in [0.717, 1.165) is 9.87 Å². The van der Waals surface area contributed by atoms with Crippen LogP contribution in [0.3, 0.4) is 0 Å². The number of hydrogen-bond acceptors (Lipinski definition) is 5. The van der Waals surface area contributed by atoms with Crippen molar-refractivity contribution in [2.75, 3.05) is 13.2 Å². The molecule has 1 atom stereocenters. The maximum absolute atomic E-state index is 12.6. The Morgan fingerprint density at radius 3 is 2.55 bits per heavy atom. The number of aryl methyl sites for hydroxylation is 1. The van der Waals surface area contributed by atoms with Gasteiger partial charge in [0.2, 0.25) is 0 Å². The Hall–Kier alpha value is -1.89. The normalized spacial score (nSPS) is 19.1. The first-order valence-electron chi connectivity index (χ1n) is 7.17. The topological polar surface area (TPSA) is 80.8 Å². The number of amides is 1. The van der Waals surface area contributed by atoms with E-state index in [0.29, 0.717) is 12.8 Å². The minimum absolute atomic E-state index is 0.0518. The third-order valence-electron chi connectivity index (χ3n) is 3.58. The molecule has 1 unspecified atom stereocenters. The van der Waals surface area contributed by atoms with E-state index in [4.69, 9.17) is 4.74 Å². The fourth-order valence-electron chi connectivity index (χ4n) is 2.38. The molecule has 0 radical (unpaired) electrons. The lowest BCUT2D eigenvalue weighted by molar-refractivity contribution is -0.155. The summed E-state index contributed by atoms with van der Waals surface area (Å²) in [4.78, 5) is 24.2. The molecule has 0 aromatic heterocycles. The van der Waals surface area contributed by atoms with E-state index in [1.807, 2.05) is 6.92 Å². The summed E-state index contributed by atoms with van der Waals surface area (Å²) in [5.74, 6) is -2.39. The minimum atomic E-state index is -3.93. The lowest BCUT2D eigenvalue weighted by Gasteiger charge is -2.30. The molecular formula is C15H19NO5S. The van der Waals surface area contributed by atoms with Crippen LogP contribution in [-0.4, -0.2) is 37.8 Å². The summed E-state index contributed by atoms with van der Waals surface area (Å²) in [5.41, 5.74) is 0.924. The SMILES string of the molecule is CCOC(=O)C1CCCN(S(=O)(=O)c2ccc(C)cc2)C1=O. The predicted octanol–water partition coefficient (Wildman–Crippen LogP) is 1.49. The number of esters is 1. The van der Waals surface area contributed by atoms with Gasteiger partial charge in [0.15, 0.2) is 0 Å². The van der Waals surface area contributed by atoms with Crippen LogP contribution in [0, 0.1) is 12.8 Å². The molecule has 1 aliphatic heterocycles. The van der Waals surface area contributed by atoms with E-state index in [1.165, 1.54) is 12.1 Å². The number of rotatable bonds is 4. The van der Waals surface area contributed by atoms with E-state index in [9.17, 15) is 18.0 Å². The van der Waals surface area contributed by atoms with Crippen molar-refractivity contribution in [3.63, 3.8) is 0 Å². The van der Waals surface area contributed by atoms with Crippen LogP contribution in [0.2, 0.25) is 0 Å². The van der Waals surface area contributed by atoms with Gasteiger partial charge < -0.3 is 4.74 Å². The lowest BCUT2D eigenvalue weighted by atomic mass is 9.99. The van der Waals surface area contributed by atoms with Crippen molar-refractivity contribution >= 4 is 21.9 Å². The second kappa shape index (κ2) is 6.48. The van der Waals surface area contributed by atoms with Crippen molar-refractivity contribution < 1.29 is 22.7 Å². The molecule has 0 saturated carbocycles. The molecule has 0 N–H and O–H groups in total. The Kier molecular flexibility index (Phi) is 4.85. The monoisotopic (exact) mass is 325 g/mol. The van der Waals surface area contributed by atoms with E-state index in [2.05, 4.69) is 0 Å². The summed E-state index contributed by atoms with van der Waals surface area (Å²) < 4.78 is 30.8. The molecule has 22 heavy (non-hydrogen) atoms. The number of ether oxygens (including phenoxy) is 1. The summed E-state index contributed by atoms with van der Waals surface area (Å²) in [6, 6.07) is 6.27. The van der Waals surface area contributed by atoms with Crippen LogP contribution in [0.25, 0.3) is 0 Å². The molecule has 1 amide bonds. The average molecular weight is 325 g/mol. The fourth-order valence-corrected chi connectivity index (χ4v) is 3.85. The molecule has 1 heterocycles. The largest absolute Gasteiger partial charge is 0.465 e. The van der Waals surface area contributed by atoms with E-state index < -0.39 is 27.8 Å². The van der Waals surface area contributed by atoms with Gasteiger partial charge in [-0.2, -0.15) is 0 Å². The van der Waals surface area contributed by atoms with Crippen LogP contribution in [0.5, 0.6) is 0 Å². The van der Waals surface area contributed by atoms with Gasteiger partial charge in [-0.25, -0.2) is 12.7 Å². The highest BCUT2D eigenvalue weighted by Crippen LogP contribution is 2.26. The molecule has 0 bridgehead atoms. The molecule has 0 spiro atoms. The molecule has 7 heteroatoms. The Balaban J connectivity index is 2.28. The molecule has 1 aliphatic rings. The number of carbonyl (C=O) groups is 2. The zero-order valence-electron chi connectivity index (χ0n) is 12.6. The van der Waals surface area contributed by atoms with Gasteiger partial charge in [0.25, 0.3) is 15.9 Å². The number of nitrogens with zero attached hydrogens (tertiary/aromatic N) is 1. The zero-order chi connectivity index (χ0) is 16.3. The average Bonchev–Trinajstić information content (AvgIpc) is 2.48. The molecule has 1 fully saturated rings. The Morgan fingerprint density at radius 1 is 1.32 bits per heavy atom. The first-order chi connectivity index (χ1) is 10.4. The highest BCUT2D eigenvalue weighted by Gasteiger charge is 2.41. The van der Waals surface area contributed by atoms with Crippen LogP contribution in [-0.2, 0) is 24.3 Å². The quantitative estimate of drug-likeness (QED) is 0.619. The van der Waals surface area contributed by atoms with E-state index >= 15 is 0 Å². The van der Waals surface area contributed by atoms with E-state index in [-0.39, 0.29) is 18.0 Å². The molecule has 1 saturated heterocycles. The van der Waals surface area contributed by atoms with Gasteiger partial charge in [0.1, 0.15) is 5.92 Å². The third-order valence-corrected chi connectivity index (χ3v) is 5.39. The van der Waals surface area contributed by atoms with Crippen molar-refractivity contribution in [3.8, 4) is 0 Å². The summed E-state index contributed by atoms with van der Waals surface area (Å²) in [6.45, 7) is 3.74. The number of piperidine rings is 1. The molecule has 1 aromatic rings. The molecule has 1 aromatic carbocycles. The molecule has 0 aliphatic carbocycles. The predicted molar refractivity (Wildman–Crippen MR) is 79.4 cm³/mol. The van der Waals surface area contributed by atoms with Gasteiger partial charge >= 0.3 is 5.97 Å². The van der Waals surface area contributed by atoms with Crippen molar-refractivity contribution in [2.45, 2.75) is 31.6 Å². The van der Waals surface area contributed by atoms with Gasteiger partial charge in [-0.3, -0.25) is 9.59 Å². The van der Waals surface area contributed by atoms with Crippen molar-refractivity contribution in [1.29, 1.82) is 0 Å². The molecule has 2 rings (SSSR count). The van der Waals surface area contributed by atoms with Gasteiger partial charge in [0, 0.05) is 6.54 Å². The van der Waals surface area contributed by atoms with E-state index in [1.54, 1.807) is 19.1 Å². The lowest BCUT2D eigenvalue weighted by Crippen LogP contribution is -2.47. The minimum Gasteiger partial charge on any atom is -0.465 e. The summed E-state index contributed by atoms with van der Waals surface area (Å²) >= 11 is 0. The smallest absolute Gasteiger partial charge is 0.318 e. The van der Waals surface area contributed by atoms with Crippen molar-refractivity contribution in [3.05, 3.63) is 29.8 Å². The van der Waals surface area contributed by atoms with Gasteiger partial charge in [-0.1, -0.05) is 17.7 Å². The van der Waals surface area contributed by atoms with Gasteiger partial charge in [0.05, 0.1) is 11.5 Å². The number of hydrogen-bond donors (Lipinski definition) is 0. The summed E-state index contributed by atoms with van der Waals surface area (Å²) in [6.07, 6.45) is 0.762. The highest BCUT2D eigenvalue weighted by atomic mass is 32.2. The second-order valence-corrected chi connectivity index (χ2v) is 7.04. The Morgan fingerprint density at radius 2 is 1.95 bits per heavy atom. The number of sulfonamides is 1. The van der Waals surface area contributed by atoms with Gasteiger partial charge in [-0.05, 0) is 38.8 Å². The van der Waals surface area contributed by atoms with Crippen molar-refractivity contribution in [2.24, 2.45) is 5.92 Å². The standard InChI is InChI=1S/C15H19NO5S/c1-3-21-15(18)13-5-4-10-16(14(13)17)22(19,20)12-8-6-11(2)7-9-12/h6-9,13H,3-5,10H2,1-2H3. The maximum atomic E-state index is 12.6. The first kappa shape index (κ1) is 16.5. The van der Waals surface area contributed by atoms with Crippen LogP contribution < -0.4 is 0 Å². The molecular weight excluding hydrogens is 306 g/mol. The third kappa shape index (κ3) is 3.14. The zero-order valence-corrected chi connectivity index (χ0v) is 13.4. The Bertz CT molecular complexity index is 666. The first-order valence-corrected chi connectivity index (χ1v) is 8.62. The second-order valence-electron chi connectivity index (χ2n) is 5.18. The number of carbonyl (C=O) groups excluding carboxylic acids is 2. The highest BCUT2D eigenvalue weighted by molar-refractivity contribution is 7.89. The van der Waals surface area contributed by atoms with Crippen LogP contribution in [0.4, 0.5) is 0 Å². The van der Waals surface area contributed by atoms with Crippen LogP contribution in [0.15, 0.2) is 29.2 Å². The number of benzene rings is 1. The van der Waals surface area contributed by atoms with Crippen molar-refractivity contribution in [1.82, 2.24) is 4.31 Å². The summed E-state index contributed by atoms with van der Waals surface area (Å²) in [5, 5.41) is 0. The summed E-state index contributed by atoms with van der Waals surface area (Å²) in [7, 11) is -3.93. The molecule has 120 valence electrons.